The molecule has 56 heavy (non-hydrogen) atoms. The Hall–Kier alpha value is -3.49. The highest BCUT2D eigenvalue weighted by atomic mass is 16.6. The Morgan fingerprint density at radius 2 is 0.946 bits per heavy atom. The zero-order valence-corrected chi connectivity index (χ0v) is 36.0. The number of ether oxygens (including phenoxy) is 3. The lowest BCUT2D eigenvalue weighted by molar-refractivity contribution is -0.889. The van der Waals surface area contributed by atoms with E-state index in [-0.39, 0.29) is 49.1 Å². The van der Waals surface area contributed by atoms with Crippen molar-refractivity contribution in [1.82, 2.24) is 0 Å². The Balaban J connectivity index is 4.45. The summed E-state index contributed by atoms with van der Waals surface area (Å²) in [6, 6.07) is -0.737. The molecule has 0 aliphatic rings. The van der Waals surface area contributed by atoms with Crippen LogP contribution in [0.3, 0.4) is 0 Å². The normalized spacial score (nSPS) is 13.8. The van der Waals surface area contributed by atoms with Gasteiger partial charge in [-0.05, 0) is 83.5 Å². The third kappa shape index (κ3) is 36.2. The van der Waals surface area contributed by atoms with E-state index in [9.17, 15) is 19.5 Å². The van der Waals surface area contributed by atoms with Gasteiger partial charge in [-0.3, -0.25) is 9.59 Å². The number of carbonyl (C=O) groups is 3. The number of unbranched alkanes of at least 4 members (excludes halogenated alkanes) is 9. The van der Waals surface area contributed by atoms with E-state index in [0.29, 0.717) is 6.42 Å². The molecule has 0 aromatic carbocycles. The lowest BCUT2D eigenvalue weighted by atomic mass is 10.1. The number of allylic oxidation sites excluding steroid dienone is 14. The Morgan fingerprint density at radius 3 is 1.39 bits per heavy atom. The summed E-state index contributed by atoms with van der Waals surface area (Å²) in [5, 5.41) is 11.6. The molecular formula is C48H79NO7. The predicted molar refractivity (Wildman–Crippen MR) is 231 cm³/mol. The summed E-state index contributed by atoms with van der Waals surface area (Å²) in [6.07, 6.45) is 48.9. The van der Waals surface area contributed by atoms with Gasteiger partial charge in [-0.25, -0.2) is 0 Å². The van der Waals surface area contributed by atoms with Gasteiger partial charge in [-0.1, -0.05) is 131 Å². The molecule has 0 aromatic rings. The summed E-state index contributed by atoms with van der Waals surface area (Å²) in [5.41, 5.74) is 0. The van der Waals surface area contributed by atoms with Crippen molar-refractivity contribution in [2.24, 2.45) is 0 Å². The largest absolute Gasteiger partial charge is 0.544 e. The van der Waals surface area contributed by atoms with Crippen LogP contribution >= 0.6 is 0 Å². The first kappa shape index (κ1) is 52.5. The Morgan fingerprint density at radius 1 is 0.536 bits per heavy atom. The molecule has 318 valence electrons. The minimum atomic E-state index is -1.14. The minimum Gasteiger partial charge on any atom is -0.544 e. The summed E-state index contributed by atoms with van der Waals surface area (Å²) in [4.78, 5) is 36.8. The maximum Gasteiger partial charge on any atom is 0.306 e. The van der Waals surface area contributed by atoms with Gasteiger partial charge in [0.25, 0.3) is 0 Å². The number of carbonyl (C=O) groups excluding carboxylic acids is 3. The van der Waals surface area contributed by atoms with Gasteiger partial charge in [0.1, 0.15) is 12.6 Å². The van der Waals surface area contributed by atoms with Crippen molar-refractivity contribution in [2.45, 2.75) is 161 Å². The summed E-state index contributed by atoms with van der Waals surface area (Å²) in [6.45, 7) is 4.37. The van der Waals surface area contributed by atoms with Crippen molar-refractivity contribution in [1.29, 1.82) is 0 Å². The van der Waals surface area contributed by atoms with Gasteiger partial charge in [0.05, 0.1) is 40.3 Å². The Kier molecular flexibility index (Phi) is 36.0. The molecular weight excluding hydrogens is 703 g/mol. The molecule has 0 saturated carbocycles. The lowest BCUT2D eigenvalue weighted by Crippen LogP contribution is -2.55. The van der Waals surface area contributed by atoms with E-state index in [0.717, 1.165) is 116 Å². The molecule has 2 atom stereocenters. The number of esters is 2. The number of carboxylic acid groups (broad SMARTS) is 1. The molecule has 0 bridgehead atoms. The number of carboxylic acids is 1. The van der Waals surface area contributed by atoms with Crippen LogP contribution in [0.2, 0.25) is 0 Å². The molecule has 0 aromatic heterocycles. The molecule has 8 heteroatoms. The number of aliphatic carboxylic acids is 1. The van der Waals surface area contributed by atoms with E-state index in [1.807, 2.05) is 0 Å². The predicted octanol–water partition coefficient (Wildman–Crippen LogP) is 10.4. The zero-order chi connectivity index (χ0) is 41.4. The number of quaternary nitrogens is 1. The molecule has 0 spiro atoms. The third-order valence-electron chi connectivity index (χ3n) is 9.03. The fourth-order valence-electron chi connectivity index (χ4n) is 5.72. The van der Waals surface area contributed by atoms with E-state index in [1.165, 1.54) is 0 Å². The molecule has 0 saturated heterocycles. The van der Waals surface area contributed by atoms with Crippen molar-refractivity contribution < 1.29 is 38.2 Å². The quantitative estimate of drug-likeness (QED) is 0.0268. The monoisotopic (exact) mass is 782 g/mol. The van der Waals surface area contributed by atoms with Crippen molar-refractivity contribution >= 4 is 17.9 Å². The average molecular weight is 782 g/mol. The molecule has 2 unspecified atom stereocenters. The second-order valence-electron chi connectivity index (χ2n) is 15.2. The SMILES string of the molecule is CC/C=C\C/C=C\C/C=C\C/C=C\CCCCCCC(=O)OC(COCCC(C(=O)[O-])[N+](C)(C)C)COC(=O)CCCCCCC/C=C\C/C=C\C/C=C\CC. The second kappa shape index (κ2) is 38.4. The van der Waals surface area contributed by atoms with E-state index in [2.05, 4.69) is 98.9 Å². The zero-order valence-electron chi connectivity index (χ0n) is 36.0. The van der Waals surface area contributed by atoms with Gasteiger partial charge in [-0.2, -0.15) is 0 Å². The van der Waals surface area contributed by atoms with Gasteiger partial charge in [0.15, 0.2) is 6.10 Å². The summed E-state index contributed by atoms with van der Waals surface area (Å²) in [7, 11) is 5.38. The smallest absolute Gasteiger partial charge is 0.306 e. The Labute approximate surface area is 342 Å². The van der Waals surface area contributed by atoms with Crippen LogP contribution in [0.15, 0.2) is 85.1 Å². The molecule has 0 aliphatic heterocycles. The van der Waals surface area contributed by atoms with Crippen LogP contribution in [0.25, 0.3) is 0 Å². The fraction of sp³-hybridized carbons (Fsp3) is 0.646. The summed E-state index contributed by atoms with van der Waals surface area (Å²) in [5.74, 6) is -1.80. The number of nitrogens with zero attached hydrogens (tertiary/aromatic N) is 1. The highest BCUT2D eigenvalue weighted by Crippen LogP contribution is 2.12. The second-order valence-corrected chi connectivity index (χ2v) is 15.2. The van der Waals surface area contributed by atoms with Crippen molar-refractivity contribution in [3.8, 4) is 0 Å². The van der Waals surface area contributed by atoms with Gasteiger partial charge in [-0.15, -0.1) is 0 Å². The molecule has 0 heterocycles. The lowest BCUT2D eigenvalue weighted by Gasteiger charge is -2.34. The average Bonchev–Trinajstić information content (AvgIpc) is 3.15. The third-order valence-corrected chi connectivity index (χ3v) is 9.03. The molecule has 0 rings (SSSR count). The Bertz CT molecular complexity index is 1190. The van der Waals surface area contributed by atoms with Crippen LogP contribution in [0.4, 0.5) is 0 Å². The maximum absolute atomic E-state index is 12.7. The fourth-order valence-corrected chi connectivity index (χ4v) is 5.72. The van der Waals surface area contributed by atoms with E-state index >= 15 is 0 Å². The van der Waals surface area contributed by atoms with Gasteiger partial charge < -0.3 is 28.6 Å². The van der Waals surface area contributed by atoms with E-state index in [4.69, 9.17) is 14.2 Å². The van der Waals surface area contributed by atoms with Gasteiger partial charge in [0.2, 0.25) is 0 Å². The molecule has 0 amide bonds. The van der Waals surface area contributed by atoms with Crippen molar-refractivity contribution in [3.05, 3.63) is 85.1 Å². The van der Waals surface area contributed by atoms with Crippen LogP contribution in [-0.4, -0.2) is 75.5 Å². The summed E-state index contributed by atoms with van der Waals surface area (Å²) >= 11 is 0. The highest BCUT2D eigenvalue weighted by Gasteiger charge is 2.25. The maximum atomic E-state index is 12.7. The van der Waals surface area contributed by atoms with E-state index < -0.39 is 18.1 Å². The van der Waals surface area contributed by atoms with Crippen LogP contribution in [-0.2, 0) is 28.6 Å². The first-order chi connectivity index (χ1) is 27.1. The molecule has 0 radical (unpaired) electrons. The van der Waals surface area contributed by atoms with Crippen molar-refractivity contribution in [2.75, 3.05) is 41.0 Å². The number of hydrogen-bond donors (Lipinski definition) is 0. The van der Waals surface area contributed by atoms with Crippen LogP contribution in [0, 0.1) is 0 Å². The number of hydrogen-bond acceptors (Lipinski definition) is 7. The molecule has 0 aliphatic carbocycles. The topological polar surface area (TPSA) is 102 Å². The molecule has 0 N–H and O–H groups in total. The molecule has 0 fully saturated rings. The van der Waals surface area contributed by atoms with Gasteiger partial charge in [0, 0.05) is 19.3 Å². The minimum absolute atomic E-state index is 0.0197. The standard InChI is InChI=1S/C48H79NO7/c1-6-8-10-12-14-16-18-20-22-23-25-27-29-31-33-35-37-39-47(51)56-44(42-54-41-40-45(48(52)53)49(3,4)5)43-55-46(50)38-36-34-32-30-28-26-24-21-19-17-15-13-11-9-7-2/h8-11,14-17,20-22,24-25,27,44-45H,6-7,12-13,18-19,23,26,28-43H2,1-5H3/b10-8-,11-9-,16-14-,17-15-,22-20-,24-21-,27-25-. The van der Waals surface area contributed by atoms with Crippen LogP contribution < -0.4 is 5.11 Å². The van der Waals surface area contributed by atoms with E-state index in [1.54, 1.807) is 21.1 Å². The van der Waals surface area contributed by atoms with Crippen molar-refractivity contribution in [3.63, 3.8) is 0 Å². The first-order valence-corrected chi connectivity index (χ1v) is 21.6. The van der Waals surface area contributed by atoms with Crippen LogP contribution in [0.1, 0.15) is 149 Å². The summed E-state index contributed by atoms with van der Waals surface area (Å²) < 4.78 is 17.1. The number of rotatable bonds is 37. The first-order valence-electron chi connectivity index (χ1n) is 21.6. The molecule has 8 nitrogen and oxygen atoms in total. The van der Waals surface area contributed by atoms with Crippen LogP contribution in [0.5, 0.6) is 0 Å². The van der Waals surface area contributed by atoms with Gasteiger partial charge >= 0.3 is 11.9 Å². The number of likely N-dealkylation sites (N-methyl/N-ethyl adjacent to an activating group) is 1. The highest BCUT2D eigenvalue weighted by molar-refractivity contribution is 5.70.